The highest BCUT2D eigenvalue weighted by Crippen LogP contribution is 2.21. The van der Waals surface area contributed by atoms with E-state index in [1.54, 1.807) is 12.1 Å². The summed E-state index contributed by atoms with van der Waals surface area (Å²) in [5, 5.41) is 0.533. The number of nitrogens with zero attached hydrogens (tertiary/aromatic N) is 2. The van der Waals surface area contributed by atoms with E-state index in [0.717, 1.165) is 19.5 Å². The molecule has 0 aromatic heterocycles. The topological polar surface area (TPSA) is 23.6 Å². The number of rotatable bonds is 2. The fourth-order valence-electron chi connectivity index (χ4n) is 2.15. The van der Waals surface area contributed by atoms with Crippen LogP contribution in [-0.4, -0.2) is 48.9 Å². The van der Waals surface area contributed by atoms with Gasteiger partial charge in [0.1, 0.15) is 0 Å². The predicted molar refractivity (Wildman–Crippen MR) is 69.4 cm³/mol. The van der Waals surface area contributed by atoms with Gasteiger partial charge in [0.2, 0.25) is 0 Å². The van der Waals surface area contributed by atoms with Crippen LogP contribution < -0.4 is 0 Å². The molecule has 0 spiro atoms. The molecule has 1 saturated heterocycles. The first-order valence-electron chi connectivity index (χ1n) is 5.80. The SMILES string of the molecule is CN(C)C1CCN(C(=O)c2ccccc2Cl)C1. The fourth-order valence-corrected chi connectivity index (χ4v) is 2.37. The van der Waals surface area contributed by atoms with Gasteiger partial charge in [0, 0.05) is 19.1 Å². The van der Waals surface area contributed by atoms with Gasteiger partial charge >= 0.3 is 0 Å². The highest BCUT2D eigenvalue weighted by molar-refractivity contribution is 6.33. The summed E-state index contributed by atoms with van der Waals surface area (Å²) >= 11 is 6.04. The number of likely N-dealkylation sites (N-methyl/N-ethyl adjacent to an activating group) is 1. The number of halogens is 1. The lowest BCUT2D eigenvalue weighted by Crippen LogP contribution is -2.34. The third-order valence-electron chi connectivity index (χ3n) is 3.29. The van der Waals surface area contributed by atoms with Crippen molar-refractivity contribution in [2.45, 2.75) is 12.5 Å². The Morgan fingerprint density at radius 3 is 2.71 bits per heavy atom. The van der Waals surface area contributed by atoms with Gasteiger partial charge in [-0.3, -0.25) is 4.79 Å². The minimum absolute atomic E-state index is 0.0416. The van der Waals surface area contributed by atoms with Crippen molar-refractivity contribution < 1.29 is 4.79 Å². The van der Waals surface area contributed by atoms with Crippen LogP contribution in [0.5, 0.6) is 0 Å². The molecule has 1 unspecified atom stereocenters. The first-order chi connectivity index (χ1) is 8.09. The van der Waals surface area contributed by atoms with Gasteiger partial charge in [-0.1, -0.05) is 23.7 Å². The van der Waals surface area contributed by atoms with Gasteiger partial charge in [-0.25, -0.2) is 0 Å². The Hall–Kier alpha value is -1.06. The van der Waals surface area contributed by atoms with Crippen LogP contribution in [0.25, 0.3) is 0 Å². The van der Waals surface area contributed by atoms with E-state index in [-0.39, 0.29) is 5.91 Å². The maximum Gasteiger partial charge on any atom is 0.255 e. The lowest BCUT2D eigenvalue weighted by molar-refractivity contribution is 0.0783. The highest BCUT2D eigenvalue weighted by atomic mass is 35.5. The van der Waals surface area contributed by atoms with Gasteiger partial charge in [0.05, 0.1) is 10.6 Å². The monoisotopic (exact) mass is 252 g/mol. The van der Waals surface area contributed by atoms with Gasteiger partial charge in [0.15, 0.2) is 0 Å². The molecule has 1 fully saturated rings. The average molecular weight is 253 g/mol. The summed E-state index contributed by atoms with van der Waals surface area (Å²) < 4.78 is 0. The molecule has 17 heavy (non-hydrogen) atoms. The molecule has 1 aliphatic heterocycles. The summed E-state index contributed by atoms with van der Waals surface area (Å²) in [6.45, 7) is 1.60. The fraction of sp³-hybridized carbons (Fsp3) is 0.462. The maximum atomic E-state index is 12.3. The van der Waals surface area contributed by atoms with Crippen molar-refractivity contribution in [1.82, 2.24) is 9.80 Å². The third kappa shape index (κ3) is 2.61. The standard InChI is InChI=1S/C13H17ClN2O/c1-15(2)10-7-8-16(9-10)13(17)11-5-3-4-6-12(11)14/h3-6,10H,7-9H2,1-2H3. The molecule has 0 radical (unpaired) electrons. The van der Waals surface area contributed by atoms with Crippen LogP contribution in [-0.2, 0) is 0 Å². The van der Waals surface area contributed by atoms with Gasteiger partial charge < -0.3 is 9.80 Å². The second kappa shape index (κ2) is 5.07. The van der Waals surface area contributed by atoms with Crippen LogP contribution in [0.1, 0.15) is 16.8 Å². The number of benzene rings is 1. The largest absolute Gasteiger partial charge is 0.337 e. The molecule has 1 aliphatic rings. The molecule has 92 valence electrons. The van der Waals surface area contributed by atoms with E-state index in [1.165, 1.54) is 0 Å². The zero-order valence-electron chi connectivity index (χ0n) is 10.2. The molecule has 0 aliphatic carbocycles. The highest BCUT2D eigenvalue weighted by Gasteiger charge is 2.28. The Balaban J connectivity index is 2.10. The van der Waals surface area contributed by atoms with Crippen LogP contribution in [0.3, 0.4) is 0 Å². The van der Waals surface area contributed by atoms with Crippen molar-refractivity contribution >= 4 is 17.5 Å². The number of likely N-dealkylation sites (tertiary alicyclic amines) is 1. The molecule has 0 N–H and O–H groups in total. The number of hydrogen-bond donors (Lipinski definition) is 0. The van der Waals surface area contributed by atoms with Crippen LogP contribution >= 0.6 is 11.6 Å². The summed E-state index contributed by atoms with van der Waals surface area (Å²) in [7, 11) is 4.10. The lowest BCUT2D eigenvalue weighted by atomic mass is 10.2. The smallest absolute Gasteiger partial charge is 0.255 e. The van der Waals surface area contributed by atoms with Crippen molar-refractivity contribution in [3.05, 3.63) is 34.9 Å². The summed E-state index contributed by atoms with van der Waals surface area (Å²) in [6.07, 6.45) is 1.03. The van der Waals surface area contributed by atoms with E-state index >= 15 is 0 Å². The number of carbonyl (C=O) groups is 1. The second-order valence-electron chi connectivity index (χ2n) is 4.64. The lowest BCUT2D eigenvalue weighted by Gasteiger charge is -2.20. The Morgan fingerprint density at radius 1 is 1.41 bits per heavy atom. The Kier molecular flexibility index (Phi) is 3.69. The van der Waals surface area contributed by atoms with E-state index in [9.17, 15) is 4.79 Å². The molecule has 1 aromatic rings. The summed E-state index contributed by atoms with van der Waals surface area (Å²) in [6, 6.07) is 7.69. The first kappa shape index (κ1) is 12.4. The molecule has 0 bridgehead atoms. The van der Waals surface area contributed by atoms with Crippen molar-refractivity contribution in [2.24, 2.45) is 0 Å². The molecule has 1 atom stereocenters. The van der Waals surface area contributed by atoms with E-state index in [4.69, 9.17) is 11.6 Å². The second-order valence-corrected chi connectivity index (χ2v) is 5.04. The summed E-state index contributed by atoms with van der Waals surface area (Å²) in [4.78, 5) is 16.3. The normalized spacial score (nSPS) is 20.0. The average Bonchev–Trinajstić information content (AvgIpc) is 2.78. The van der Waals surface area contributed by atoms with Crippen LogP contribution in [0.15, 0.2) is 24.3 Å². The van der Waals surface area contributed by atoms with E-state index in [0.29, 0.717) is 16.6 Å². The molecular formula is C13H17ClN2O. The van der Waals surface area contributed by atoms with Gasteiger partial charge in [-0.05, 0) is 32.6 Å². The number of amides is 1. The third-order valence-corrected chi connectivity index (χ3v) is 3.61. The minimum Gasteiger partial charge on any atom is -0.337 e. The summed E-state index contributed by atoms with van der Waals surface area (Å²) in [5.41, 5.74) is 0.605. The van der Waals surface area contributed by atoms with Crippen molar-refractivity contribution in [1.29, 1.82) is 0 Å². The molecule has 1 amide bonds. The summed E-state index contributed by atoms with van der Waals surface area (Å²) in [5.74, 6) is 0.0416. The molecule has 1 heterocycles. The van der Waals surface area contributed by atoms with Gasteiger partial charge in [-0.15, -0.1) is 0 Å². The minimum atomic E-state index is 0.0416. The van der Waals surface area contributed by atoms with Crippen molar-refractivity contribution in [3.63, 3.8) is 0 Å². The molecule has 3 nitrogen and oxygen atoms in total. The van der Waals surface area contributed by atoms with E-state index in [2.05, 4.69) is 4.90 Å². The maximum absolute atomic E-state index is 12.3. The zero-order valence-corrected chi connectivity index (χ0v) is 10.9. The number of hydrogen-bond acceptors (Lipinski definition) is 2. The van der Waals surface area contributed by atoms with E-state index in [1.807, 2.05) is 31.1 Å². The molecule has 2 rings (SSSR count). The quantitative estimate of drug-likeness (QED) is 0.805. The first-order valence-corrected chi connectivity index (χ1v) is 6.17. The van der Waals surface area contributed by atoms with Gasteiger partial charge in [0.25, 0.3) is 5.91 Å². The van der Waals surface area contributed by atoms with Crippen LogP contribution in [0.2, 0.25) is 5.02 Å². The van der Waals surface area contributed by atoms with Crippen LogP contribution in [0.4, 0.5) is 0 Å². The molecule has 4 heteroatoms. The van der Waals surface area contributed by atoms with Crippen LogP contribution in [0, 0.1) is 0 Å². The predicted octanol–water partition coefficient (Wildman–Crippen LogP) is 2.12. The van der Waals surface area contributed by atoms with Gasteiger partial charge in [-0.2, -0.15) is 0 Å². The Morgan fingerprint density at radius 2 is 2.12 bits per heavy atom. The molecule has 0 saturated carbocycles. The Bertz CT molecular complexity index is 420. The Labute approximate surface area is 107 Å². The van der Waals surface area contributed by atoms with Crippen molar-refractivity contribution in [2.75, 3.05) is 27.2 Å². The number of carbonyl (C=O) groups excluding carboxylic acids is 1. The van der Waals surface area contributed by atoms with E-state index < -0.39 is 0 Å². The molecule has 1 aromatic carbocycles. The van der Waals surface area contributed by atoms with Crippen molar-refractivity contribution in [3.8, 4) is 0 Å². The zero-order chi connectivity index (χ0) is 12.4. The molecular weight excluding hydrogens is 236 g/mol.